The van der Waals surface area contributed by atoms with Crippen LogP contribution in [0.5, 0.6) is 0 Å². The Balaban J connectivity index is 1.61. The minimum absolute atomic E-state index is 0.0609. The zero-order valence-corrected chi connectivity index (χ0v) is 17.7. The molecule has 0 unspecified atom stereocenters. The molecule has 1 aliphatic heterocycles. The van der Waals surface area contributed by atoms with Crippen LogP contribution < -0.4 is 5.32 Å². The molecular formula is C23H16ClN3O3S. The fraction of sp³-hybridized carbons (Fsp3) is 0.0870. The molecule has 1 saturated heterocycles. The number of thioether (sulfide) groups is 1. The molecule has 2 heterocycles. The topological polar surface area (TPSA) is 71.4 Å². The number of carbonyl (C=O) groups excluding carboxylic acids is 3. The van der Waals surface area contributed by atoms with Crippen molar-refractivity contribution >= 4 is 63.1 Å². The molecule has 4 rings (SSSR count). The van der Waals surface area contributed by atoms with E-state index in [2.05, 4.69) is 11.2 Å². The molecule has 0 atom stereocenters. The predicted molar refractivity (Wildman–Crippen MR) is 124 cm³/mol. The van der Waals surface area contributed by atoms with E-state index < -0.39 is 5.91 Å². The number of halogens is 1. The van der Waals surface area contributed by atoms with Crippen molar-refractivity contribution in [1.82, 2.24) is 9.47 Å². The largest absolute Gasteiger partial charge is 0.337 e. The molecule has 6 nitrogen and oxygen atoms in total. The van der Waals surface area contributed by atoms with Gasteiger partial charge in [-0.25, -0.2) is 0 Å². The lowest BCUT2D eigenvalue weighted by atomic mass is 10.1. The molecule has 154 valence electrons. The van der Waals surface area contributed by atoms with Gasteiger partial charge < -0.3 is 9.88 Å². The second-order valence-corrected chi connectivity index (χ2v) is 8.19. The van der Waals surface area contributed by atoms with E-state index in [1.54, 1.807) is 41.1 Å². The minimum Gasteiger partial charge on any atom is -0.337 e. The van der Waals surface area contributed by atoms with Gasteiger partial charge in [-0.15, -0.1) is 6.42 Å². The third-order valence-electron chi connectivity index (χ3n) is 4.67. The summed E-state index contributed by atoms with van der Waals surface area (Å²) in [5.41, 5.74) is 2.22. The summed E-state index contributed by atoms with van der Waals surface area (Å²) in [6, 6.07) is 14.4. The molecule has 0 radical (unpaired) electrons. The van der Waals surface area contributed by atoms with Crippen LogP contribution in [0.3, 0.4) is 0 Å². The maximum absolute atomic E-state index is 12.6. The first kappa shape index (κ1) is 20.8. The van der Waals surface area contributed by atoms with E-state index in [-0.39, 0.29) is 24.2 Å². The average Bonchev–Trinajstić information content (AvgIpc) is 3.22. The predicted octanol–water partition coefficient (Wildman–Crippen LogP) is 4.60. The first-order valence-electron chi connectivity index (χ1n) is 9.28. The smallest absolute Gasteiger partial charge is 0.294 e. The quantitative estimate of drug-likeness (QED) is 0.456. The number of fused-ring (bicyclic) bond motifs is 1. The summed E-state index contributed by atoms with van der Waals surface area (Å²) in [5.74, 6) is 1.70. The number of nitrogens with zero attached hydrogens (tertiary/aromatic N) is 2. The molecule has 3 amide bonds. The third kappa shape index (κ3) is 4.36. The van der Waals surface area contributed by atoms with Crippen molar-refractivity contribution in [3.63, 3.8) is 0 Å². The van der Waals surface area contributed by atoms with Crippen molar-refractivity contribution in [2.24, 2.45) is 0 Å². The molecule has 1 aliphatic rings. The van der Waals surface area contributed by atoms with E-state index in [4.69, 9.17) is 18.0 Å². The molecule has 3 aromatic rings. The summed E-state index contributed by atoms with van der Waals surface area (Å²) in [5, 5.41) is 3.90. The van der Waals surface area contributed by atoms with Crippen molar-refractivity contribution in [2.75, 3.05) is 11.9 Å². The van der Waals surface area contributed by atoms with E-state index in [9.17, 15) is 14.4 Å². The second-order valence-electron chi connectivity index (χ2n) is 6.76. The van der Waals surface area contributed by atoms with Gasteiger partial charge in [0.05, 0.1) is 11.4 Å². The molecule has 1 aromatic heterocycles. The maximum Gasteiger partial charge on any atom is 0.294 e. The SMILES string of the molecule is C#CCN1C(=O)S/C(=C/c2cn(CC(=O)Nc3ccc(Cl)cc3)c3ccccc23)C1=O. The van der Waals surface area contributed by atoms with Crippen LogP contribution in [0.1, 0.15) is 5.56 Å². The van der Waals surface area contributed by atoms with Crippen LogP contribution >= 0.6 is 23.4 Å². The van der Waals surface area contributed by atoms with Crippen LogP contribution in [-0.2, 0) is 16.1 Å². The Kier molecular flexibility index (Phi) is 5.85. The Morgan fingerprint density at radius 1 is 1.16 bits per heavy atom. The first-order chi connectivity index (χ1) is 15.0. The molecule has 2 aromatic carbocycles. The van der Waals surface area contributed by atoms with Gasteiger partial charge in [0.1, 0.15) is 6.54 Å². The summed E-state index contributed by atoms with van der Waals surface area (Å²) >= 11 is 6.73. The van der Waals surface area contributed by atoms with Gasteiger partial charge in [0, 0.05) is 33.4 Å². The van der Waals surface area contributed by atoms with Gasteiger partial charge in [0.15, 0.2) is 0 Å². The molecule has 8 heteroatoms. The van der Waals surface area contributed by atoms with Crippen molar-refractivity contribution in [1.29, 1.82) is 0 Å². The maximum atomic E-state index is 12.6. The van der Waals surface area contributed by atoms with Crippen molar-refractivity contribution in [3.8, 4) is 12.3 Å². The summed E-state index contributed by atoms with van der Waals surface area (Å²) in [4.78, 5) is 38.4. The van der Waals surface area contributed by atoms with E-state index in [1.807, 2.05) is 24.3 Å². The third-order valence-corrected chi connectivity index (χ3v) is 5.83. The van der Waals surface area contributed by atoms with Crippen LogP contribution in [0.25, 0.3) is 17.0 Å². The molecule has 0 aliphatic carbocycles. The summed E-state index contributed by atoms with van der Waals surface area (Å²) in [6.45, 7) is 0.0180. The molecule has 31 heavy (non-hydrogen) atoms. The van der Waals surface area contributed by atoms with Gasteiger partial charge in [-0.1, -0.05) is 35.7 Å². The summed E-state index contributed by atoms with van der Waals surface area (Å²) in [6.07, 6.45) is 8.70. The van der Waals surface area contributed by atoms with Gasteiger partial charge in [0.25, 0.3) is 11.1 Å². The second kappa shape index (κ2) is 8.72. The van der Waals surface area contributed by atoms with Crippen LogP contribution in [0, 0.1) is 12.3 Å². The Morgan fingerprint density at radius 3 is 2.65 bits per heavy atom. The van der Waals surface area contributed by atoms with Gasteiger partial charge >= 0.3 is 0 Å². The highest BCUT2D eigenvalue weighted by Crippen LogP contribution is 2.34. The molecule has 0 spiro atoms. The lowest BCUT2D eigenvalue weighted by Gasteiger charge is -2.07. The number of rotatable bonds is 5. The summed E-state index contributed by atoms with van der Waals surface area (Å²) in [7, 11) is 0. The fourth-order valence-electron chi connectivity index (χ4n) is 3.28. The van der Waals surface area contributed by atoms with Gasteiger partial charge in [-0.05, 0) is 48.2 Å². The van der Waals surface area contributed by atoms with Crippen LogP contribution in [0.2, 0.25) is 5.02 Å². The number of nitrogens with one attached hydrogen (secondary N) is 1. The minimum atomic E-state index is -0.412. The number of hydrogen-bond donors (Lipinski definition) is 1. The zero-order chi connectivity index (χ0) is 22.0. The van der Waals surface area contributed by atoms with Crippen molar-refractivity contribution in [3.05, 3.63) is 70.2 Å². The Hall–Kier alpha value is -3.47. The van der Waals surface area contributed by atoms with E-state index >= 15 is 0 Å². The van der Waals surface area contributed by atoms with Gasteiger partial charge in [-0.3, -0.25) is 19.3 Å². The molecular weight excluding hydrogens is 434 g/mol. The van der Waals surface area contributed by atoms with Crippen molar-refractivity contribution in [2.45, 2.75) is 6.54 Å². The highest BCUT2D eigenvalue weighted by atomic mass is 35.5. The number of benzene rings is 2. The van der Waals surface area contributed by atoms with Gasteiger partial charge in [-0.2, -0.15) is 0 Å². The van der Waals surface area contributed by atoms with E-state index in [0.29, 0.717) is 15.6 Å². The Morgan fingerprint density at radius 2 is 1.90 bits per heavy atom. The van der Waals surface area contributed by atoms with E-state index in [1.165, 1.54) is 0 Å². The Labute approximate surface area is 187 Å². The van der Waals surface area contributed by atoms with Crippen LogP contribution in [0.15, 0.2) is 59.6 Å². The molecule has 1 fully saturated rings. The van der Waals surface area contributed by atoms with Crippen LogP contribution in [0.4, 0.5) is 10.5 Å². The molecule has 0 saturated carbocycles. The zero-order valence-electron chi connectivity index (χ0n) is 16.2. The van der Waals surface area contributed by atoms with Crippen LogP contribution in [-0.4, -0.2) is 33.1 Å². The van der Waals surface area contributed by atoms with E-state index in [0.717, 1.165) is 33.1 Å². The monoisotopic (exact) mass is 449 g/mol. The number of hydrogen-bond acceptors (Lipinski definition) is 4. The number of terminal acetylenes is 1. The lowest BCUT2D eigenvalue weighted by Crippen LogP contribution is -2.28. The van der Waals surface area contributed by atoms with Gasteiger partial charge in [0.2, 0.25) is 5.91 Å². The normalized spacial score (nSPS) is 15.0. The average molecular weight is 450 g/mol. The Bertz CT molecular complexity index is 1270. The number of para-hydroxylation sites is 1. The highest BCUT2D eigenvalue weighted by molar-refractivity contribution is 8.18. The fourth-order valence-corrected chi connectivity index (χ4v) is 4.23. The number of aromatic nitrogens is 1. The molecule has 0 bridgehead atoms. The standard InChI is InChI=1S/C23H16ClN3O3S/c1-2-11-27-22(29)20(31-23(27)30)12-15-13-26(19-6-4-3-5-18(15)19)14-21(28)25-17-9-7-16(24)8-10-17/h1,3-10,12-13H,11,14H2,(H,25,28)/b20-12+. The number of carbonyl (C=O) groups is 3. The van der Waals surface area contributed by atoms with Crippen molar-refractivity contribution < 1.29 is 14.4 Å². The number of amides is 3. The molecule has 1 N–H and O–H groups in total. The number of imide groups is 1. The number of anilines is 1. The first-order valence-corrected chi connectivity index (χ1v) is 10.5. The summed E-state index contributed by atoms with van der Waals surface area (Å²) < 4.78 is 1.80. The lowest BCUT2D eigenvalue weighted by molar-refractivity contribution is -0.122. The highest BCUT2D eigenvalue weighted by Gasteiger charge is 2.34.